The van der Waals surface area contributed by atoms with Gasteiger partial charge in [0.05, 0.1) is 33.2 Å². The minimum absolute atomic E-state index is 0.0509. The van der Waals surface area contributed by atoms with Gasteiger partial charge in [0, 0.05) is 11.8 Å². The van der Waals surface area contributed by atoms with E-state index in [-0.39, 0.29) is 5.91 Å². The lowest BCUT2D eigenvalue weighted by molar-refractivity contribution is -0.115. The minimum atomic E-state index is 0.0509. The van der Waals surface area contributed by atoms with Crippen molar-refractivity contribution in [1.29, 1.82) is 0 Å². The van der Waals surface area contributed by atoms with Gasteiger partial charge >= 0.3 is 0 Å². The van der Waals surface area contributed by atoms with E-state index in [2.05, 4.69) is 27.1 Å². The molecule has 0 saturated heterocycles. The quantitative estimate of drug-likeness (QED) is 0.324. The first-order chi connectivity index (χ1) is 16.8. The molecule has 1 aliphatic rings. The van der Waals surface area contributed by atoms with Crippen LogP contribution in [-0.2, 0) is 17.6 Å². The zero-order valence-electron chi connectivity index (χ0n) is 18.4. The van der Waals surface area contributed by atoms with Crippen molar-refractivity contribution < 1.29 is 4.79 Å². The van der Waals surface area contributed by atoms with Crippen molar-refractivity contribution in [1.82, 2.24) is 15.0 Å². The molecule has 6 rings (SSSR count). The zero-order chi connectivity index (χ0) is 22.9. The molecule has 0 spiro atoms. The van der Waals surface area contributed by atoms with Crippen LogP contribution in [0, 0.1) is 0 Å². The summed E-state index contributed by atoms with van der Waals surface area (Å²) in [5.41, 5.74) is 7.20. The second-order valence-corrected chi connectivity index (χ2v) is 9.26. The molecule has 2 aromatic heterocycles. The predicted octanol–water partition coefficient (Wildman–Crippen LogP) is 6.18. The normalized spacial score (nSPS) is 12.8. The Hall–Kier alpha value is -3.90. The fourth-order valence-electron chi connectivity index (χ4n) is 4.44. The van der Waals surface area contributed by atoms with Gasteiger partial charge in [0.1, 0.15) is 5.82 Å². The summed E-state index contributed by atoms with van der Waals surface area (Å²) in [7, 11) is 0. The fourth-order valence-corrected chi connectivity index (χ4v) is 5.14. The van der Waals surface area contributed by atoms with E-state index in [9.17, 15) is 4.79 Å². The minimum Gasteiger partial charge on any atom is -0.338 e. The molecule has 0 bridgehead atoms. The molecule has 5 aromatic rings. The summed E-state index contributed by atoms with van der Waals surface area (Å²) in [4.78, 5) is 27.9. The van der Waals surface area contributed by atoms with Crippen LogP contribution in [0.1, 0.15) is 11.1 Å². The third kappa shape index (κ3) is 3.86. The number of pyridine rings is 1. The van der Waals surface area contributed by atoms with E-state index in [0.717, 1.165) is 51.7 Å². The highest BCUT2D eigenvalue weighted by Crippen LogP contribution is 2.36. The smallest absolute Gasteiger partial charge is 0.241 e. The molecule has 34 heavy (non-hydrogen) atoms. The monoisotopic (exact) mass is 462 g/mol. The summed E-state index contributed by atoms with van der Waals surface area (Å²) in [6.45, 7) is 0. The van der Waals surface area contributed by atoms with Gasteiger partial charge in [-0.1, -0.05) is 60.3 Å². The number of carbonyl (C=O) groups is 1. The van der Waals surface area contributed by atoms with Crippen molar-refractivity contribution in [2.45, 2.75) is 17.9 Å². The lowest BCUT2D eigenvalue weighted by Crippen LogP contribution is -2.28. The van der Waals surface area contributed by atoms with E-state index in [1.54, 1.807) is 6.20 Å². The molecule has 0 fully saturated rings. The Morgan fingerprint density at radius 2 is 1.53 bits per heavy atom. The molecule has 0 aliphatic carbocycles. The average molecular weight is 463 g/mol. The number of hydrogen-bond acceptors (Lipinski definition) is 4. The third-order valence-corrected chi connectivity index (χ3v) is 7.05. The topological polar surface area (TPSA) is 61.9 Å². The second kappa shape index (κ2) is 8.80. The van der Waals surface area contributed by atoms with Crippen molar-refractivity contribution in [3.05, 3.63) is 102 Å². The van der Waals surface area contributed by atoms with Gasteiger partial charge in [-0.3, -0.25) is 9.69 Å². The number of para-hydroxylation sites is 4. The Balaban J connectivity index is 1.22. The van der Waals surface area contributed by atoms with Gasteiger partial charge in [0.25, 0.3) is 0 Å². The van der Waals surface area contributed by atoms with Crippen LogP contribution in [0.4, 0.5) is 11.4 Å². The number of aromatic amines is 1. The Morgan fingerprint density at radius 1 is 0.853 bits per heavy atom. The van der Waals surface area contributed by atoms with Crippen molar-refractivity contribution in [2.75, 3.05) is 10.7 Å². The summed E-state index contributed by atoms with van der Waals surface area (Å²) < 4.78 is 0. The zero-order valence-corrected chi connectivity index (χ0v) is 19.3. The molecule has 0 saturated carbocycles. The maximum Gasteiger partial charge on any atom is 0.241 e. The number of nitrogens with zero attached hydrogens (tertiary/aromatic N) is 3. The second-order valence-electron chi connectivity index (χ2n) is 8.26. The Labute approximate surface area is 201 Å². The highest BCUT2D eigenvalue weighted by Gasteiger charge is 2.25. The predicted molar refractivity (Wildman–Crippen MR) is 137 cm³/mol. The Kier molecular flexibility index (Phi) is 5.35. The molecule has 1 amide bonds. The van der Waals surface area contributed by atoms with E-state index >= 15 is 0 Å². The first kappa shape index (κ1) is 20.7. The highest BCUT2D eigenvalue weighted by molar-refractivity contribution is 7.99. The molecule has 1 N–H and O–H groups in total. The molecule has 0 atom stereocenters. The molecule has 5 nitrogen and oxygen atoms in total. The van der Waals surface area contributed by atoms with Crippen LogP contribution in [0.15, 0.2) is 96.2 Å². The number of anilines is 2. The number of fused-ring (bicyclic) bond motifs is 3. The number of thioether (sulfide) groups is 1. The molecule has 166 valence electrons. The summed E-state index contributed by atoms with van der Waals surface area (Å²) in [5.74, 6) is 1.15. The van der Waals surface area contributed by atoms with Crippen LogP contribution >= 0.6 is 11.8 Å². The van der Waals surface area contributed by atoms with E-state index in [0.29, 0.717) is 5.75 Å². The third-order valence-electron chi connectivity index (χ3n) is 6.12. The Morgan fingerprint density at radius 3 is 2.21 bits per heavy atom. The van der Waals surface area contributed by atoms with Crippen LogP contribution in [0.2, 0.25) is 0 Å². The van der Waals surface area contributed by atoms with Gasteiger partial charge in [-0.2, -0.15) is 0 Å². The maximum absolute atomic E-state index is 13.5. The van der Waals surface area contributed by atoms with Crippen LogP contribution in [0.25, 0.3) is 22.4 Å². The van der Waals surface area contributed by atoms with Gasteiger partial charge in [-0.25, -0.2) is 9.97 Å². The SMILES string of the molecule is O=C(CSc1ccc(-c2nc3ccccc3[nH]2)cn1)N1c2ccccc2CCc2ccccc21. The largest absolute Gasteiger partial charge is 0.338 e. The number of aryl methyl sites for hydroxylation is 2. The number of hydrogen-bond donors (Lipinski definition) is 1. The summed E-state index contributed by atoms with van der Waals surface area (Å²) in [6.07, 6.45) is 3.66. The van der Waals surface area contributed by atoms with Crippen molar-refractivity contribution in [2.24, 2.45) is 0 Å². The lowest BCUT2D eigenvalue weighted by Gasteiger charge is -2.24. The summed E-state index contributed by atoms with van der Waals surface area (Å²) in [5, 5.41) is 0.810. The van der Waals surface area contributed by atoms with Crippen molar-refractivity contribution >= 4 is 40.1 Å². The van der Waals surface area contributed by atoms with Gasteiger partial charge in [0.2, 0.25) is 5.91 Å². The van der Waals surface area contributed by atoms with Gasteiger partial charge < -0.3 is 4.98 Å². The number of nitrogens with one attached hydrogen (secondary N) is 1. The first-order valence-electron chi connectivity index (χ1n) is 11.3. The van der Waals surface area contributed by atoms with Crippen LogP contribution < -0.4 is 4.90 Å². The number of benzene rings is 3. The summed E-state index contributed by atoms with van der Waals surface area (Å²) in [6, 6.07) is 28.3. The molecule has 6 heteroatoms. The molecule has 3 aromatic carbocycles. The summed E-state index contributed by atoms with van der Waals surface area (Å²) >= 11 is 1.45. The number of imidazole rings is 1. The van der Waals surface area contributed by atoms with E-state index < -0.39 is 0 Å². The standard InChI is InChI=1S/C28H22N4OS/c33-27(32-24-11-5-1-7-19(24)13-14-20-8-2-6-12-25(20)32)18-34-26-16-15-21(17-29-26)28-30-22-9-3-4-10-23(22)31-28/h1-12,15-17H,13-14,18H2,(H,30,31). The molecule has 0 radical (unpaired) electrons. The molecular formula is C28H22N4OS. The van der Waals surface area contributed by atoms with Crippen LogP contribution in [0.3, 0.4) is 0 Å². The average Bonchev–Trinajstić information content (AvgIpc) is 3.25. The van der Waals surface area contributed by atoms with Crippen molar-refractivity contribution in [3.8, 4) is 11.4 Å². The molecule has 0 unspecified atom stereocenters. The van der Waals surface area contributed by atoms with Crippen LogP contribution in [-0.4, -0.2) is 26.6 Å². The van der Waals surface area contributed by atoms with E-state index in [1.807, 2.05) is 77.7 Å². The highest BCUT2D eigenvalue weighted by atomic mass is 32.2. The van der Waals surface area contributed by atoms with Crippen molar-refractivity contribution in [3.63, 3.8) is 0 Å². The molecule has 3 heterocycles. The lowest BCUT2D eigenvalue weighted by atomic mass is 10.0. The van der Waals surface area contributed by atoms with Gasteiger partial charge in [-0.05, 0) is 60.4 Å². The Bertz CT molecular complexity index is 1410. The van der Waals surface area contributed by atoms with E-state index in [4.69, 9.17) is 0 Å². The number of amides is 1. The van der Waals surface area contributed by atoms with Gasteiger partial charge in [0.15, 0.2) is 0 Å². The maximum atomic E-state index is 13.5. The van der Waals surface area contributed by atoms with Crippen LogP contribution in [0.5, 0.6) is 0 Å². The molecular weight excluding hydrogens is 440 g/mol. The first-order valence-corrected chi connectivity index (χ1v) is 12.3. The number of aromatic nitrogens is 3. The number of rotatable bonds is 4. The fraction of sp³-hybridized carbons (Fsp3) is 0.107. The molecule has 1 aliphatic heterocycles. The van der Waals surface area contributed by atoms with Gasteiger partial charge in [-0.15, -0.1) is 0 Å². The number of H-pyrrole nitrogens is 1. The number of carbonyl (C=O) groups excluding carboxylic acids is 1. The van der Waals surface area contributed by atoms with E-state index in [1.165, 1.54) is 22.9 Å².